The molecule has 0 saturated heterocycles. The van der Waals surface area contributed by atoms with Crippen molar-refractivity contribution in [2.75, 3.05) is 11.9 Å². The predicted octanol–water partition coefficient (Wildman–Crippen LogP) is 4.66. The number of aryl methyl sites for hydroxylation is 1. The summed E-state index contributed by atoms with van der Waals surface area (Å²) in [4.78, 5) is 12.5. The molecule has 2 heterocycles. The van der Waals surface area contributed by atoms with E-state index in [1.165, 1.54) is 11.1 Å². The van der Waals surface area contributed by atoms with Gasteiger partial charge in [0.1, 0.15) is 11.9 Å². The quantitative estimate of drug-likeness (QED) is 0.719. The van der Waals surface area contributed by atoms with Gasteiger partial charge in [-0.25, -0.2) is 0 Å². The molecule has 4 nitrogen and oxygen atoms in total. The predicted molar refractivity (Wildman–Crippen MR) is 113 cm³/mol. The van der Waals surface area contributed by atoms with Crippen molar-refractivity contribution in [2.45, 2.75) is 64.5 Å². The van der Waals surface area contributed by atoms with E-state index in [1.54, 1.807) is 0 Å². The van der Waals surface area contributed by atoms with Crippen molar-refractivity contribution in [3.8, 4) is 5.75 Å². The molecule has 2 aliphatic rings. The Bertz CT molecular complexity index is 889. The maximum Gasteiger partial charge on any atom is 0.234 e. The number of hydrogen-bond donors (Lipinski definition) is 2. The Morgan fingerprint density at radius 1 is 1.21 bits per heavy atom. The van der Waals surface area contributed by atoms with E-state index in [0.717, 1.165) is 48.5 Å². The zero-order valence-electron chi connectivity index (χ0n) is 17.3. The third kappa shape index (κ3) is 3.10. The van der Waals surface area contributed by atoms with Crippen LogP contribution in [0.15, 0.2) is 36.4 Å². The molecule has 2 aliphatic heterocycles. The van der Waals surface area contributed by atoms with Crippen LogP contribution in [0.25, 0.3) is 0 Å². The molecule has 0 aliphatic carbocycles. The Hall–Kier alpha value is -2.33. The van der Waals surface area contributed by atoms with E-state index < -0.39 is 5.41 Å². The molecule has 1 amide bonds. The van der Waals surface area contributed by atoms with Gasteiger partial charge in [-0.1, -0.05) is 37.3 Å². The summed E-state index contributed by atoms with van der Waals surface area (Å²) in [6.07, 6.45) is 2.15. The molecule has 0 saturated carbocycles. The van der Waals surface area contributed by atoms with Gasteiger partial charge in [0.15, 0.2) is 0 Å². The first kappa shape index (κ1) is 19.0. The molecule has 2 aromatic carbocycles. The van der Waals surface area contributed by atoms with Crippen molar-refractivity contribution in [3.05, 3.63) is 58.7 Å². The average Bonchev–Trinajstić information content (AvgIpc) is 3.14. The van der Waals surface area contributed by atoms with Crippen LogP contribution in [-0.2, 0) is 16.8 Å². The summed E-state index contributed by atoms with van der Waals surface area (Å²) in [6, 6.07) is 12.7. The van der Waals surface area contributed by atoms with Gasteiger partial charge < -0.3 is 15.4 Å². The Morgan fingerprint density at radius 3 is 2.68 bits per heavy atom. The van der Waals surface area contributed by atoms with E-state index in [0.29, 0.717) is 5.92 Å². The fraction of sp³-hybridized carbons (Fsp3) is 0.458. The van der Waals surface area contributed by atoms with Crippen LogP contribution in [0.5, 0.6) is 5.75 Å². The van der Waals surface area contributed by atoms with Crippen LogP contribution in [0.4, 0.5) is 5.69 Å². The van der Waals surface area contributed by atoms with Gasteiger partial charge in [0, 0.05) is 23.6 Å². The van der Waals surface area contributed by atoms with Crippen molar-refractivity contribution in [1.82, 2.24) is 5.32 Å². The van der Waals surface area contributed by atoms with Crippen LogP contribution in [0, 0.1) is 6.92 Å². The van der Waals surface area contributed by atoms with Crippen molar-refractivity contribution < 1.29 is 9.53 Å². The highest BCUT2D eigenvalue weighted by atomic mass is 16.5. The molecule has 0 bridgehead atoms. The standard InChI is InChI=1S/C24H30N2O2/c1-5-17-18-13-15(2)21-20(24(3,4)23(27)26-21)22(18)28-19(17)11-12-25-14-16-9-7-6-8-10-16/h6-10,13,17,19,25H,5,11-12,14H2,1-4H3,(H,26,27). The monoisotopic (exact) mass is 378 g/mol. The van der Waals surface area contributed by atoms with E-state index >= 15 is 0 Å². The minimum absolute atomic E-state index is 0.0589. The molecule has 2 aromatic rings. The summed E-state index contributed by atoms with van der Waals surface area (Å²) >= 11 is 0. The Labute approximate surface area is 167 Å². The number of rotatable bonds is 6. The molecule has 0 fully saturated rings. The SMILES string of the molecule is CCC1c2cc(C)c3c(c2OC1CCNCc1ccccc1)C(C)(C)C(=O)N3. The zero-order chi connectivity index (χ0) is 19.9. The second-order valence-corrected chi connectivity index (χ2v) is 8.56. The minimum atomic E-state index is -0.551. The number of carbonyl (C=O) groups excluding carboxylic acids is 1. The molecule has 28 heavy (non-hydrogen) atoms. The van der Waals surface area contributed by atoms with E-state index in [9.17, 15) is 4.79 Å². The van der Waals surface area contributed by atoms with Crippen LogP contribution >= 0.6 is 0 Å². The van der Waals surface area contributed by atoms with Crippen LogP contribution in [0.3, 0.4) is 0 Å². The molecular formula is C24H30N2O2. The second-order valence-electron chi connectivity index (χ2n) is 8.56. The van der Waals surface area contributed by atoms with Crippen molar-refractivity contribution in [3.63, 3.8) is 0 Å². The number of nitrogens with one attached hydrogen (secondary N) is 2. The number of amides is 1. The molecule has 2 atom stereocenters. The third-order valence-electron chi connectivity index (χ3n) is 6.27. The Morgan fingerprint density at radius 2 is 1.96 bits per heavy atom. The van der Waals surface area contributed by atoms with Gasteiger partial charge in [0.05, 0.1) is 11.1 Å². The first-order valence-electron chi connectivity index (χ1n) is 10.3. The summed E-state index contributed by atoms with van der Waals surface area (Å²) < 4.78 is 6.51. The number of anilines is 1. The molecule has 2 N–H and O–H groups in total. The smallest absolute Gasteiger partial charge is 0.234 e. The summed E-state index contributed by atoms with van der Waals surface area (Å²) in [5, 5.41) is 6.61. The van der Waals surface area contributed by atoms with Gasteiger partial charge in [-0.2, -0.15) is 0 Å². The van der Waals surface area contributed by atoms with Gasteiger partial charge in [-0.15, -0.1) is 0 Å². The highest BCUT2D eigenvalue weighted by Crippen LogP contribution is 2.53. The third-order valence-corrected chi connectivity index (χ3v) is 6.27. The Kier molecular flexibility index (Phi) is 4.92. The van der Waals surface area contributed by atoms with Gasteiger partial charge >= 0.3 is 0 Å². The molecule has 4 heteroatoms. The molecule has 0 radical (unpaired) electrons. The molecule has 0 spiro atoms. The Balaban J connectivity index is 1.51. The van der Waals surface area contributed by atoms with E-state index in [1.807, 2.05) is 19.9 Å². The first-order chi connectivity index (χ1) is 13.4. The lowest BCUT2D eigenvalue weighted by molar-refractivity contribution is -0.119. The largest absolute Gasteiger partial charge is 0.489 e. The second kappa shape index (κ2) is 7.25. The fourth-order valence-corrected chi connectivity index (χ4v) is 4.62. The van der Waals surface area contributed by atoms with Gasteiger partial charge in [0.2, 0.25) is 5.91 Å². The van der Waals surface area contributed by atoms with Crippen LogP contribution in [-0.4, -0.2) is 18.6 Å². The van der Waals surface area contributed by atoms with Crippen molar-refractivity contribution in [2.24, 2.45) is 0 Å². The number of hydrogen-bond acceptors (Lipinski definition) is 3. The van der Waals surface area contributed by atoms with E-state index in [4.69, 9.17) is 4.74 Å². The summed E-state index contributed by atoms with van der Waals surface area (Å²) in [6.45, 7) is 10.1. The first-order valence-corrected chi connectivity index (χ1v) is 10.3. The highest BCUT2D eigenvalue weighted by Gasteiger charge is 2.46. The molecule has 0 aromatic heterocycles. The highest BCUT2D eigenvalue weighted by molar-refractivity contribution is 6.07. The molecule has 148 valence electrons. The van der Waals surface area contributed by atoms with Gasteiger partial charge in [0.25, 0.3) is 0 Å². The maximum atomic E-state index is 12.5. The zero-order valence-corrected chi connectivity index (χ0v) is 17.3. The number of benzene rings is 2. The van der Waals surface area contributed by atoms with Gasteiger partial charge in [-0.05, 0) is 57.4 Å². The lowest BCUT2D eigenvalue weighted by Gasteiger charge is -2.20. The summed E-state index contributed by atoms with van der Waals surface area (Å²) in [5.74, 6) is 1.39. The molecule has 2 unspecified atom stereocenters. The van der Waals surface area contributed by atoms with E-state index in [2.05, 4.69) is 54.8 Å². The maximum absolute atomic E-state index is 12.5. The van der Waals surface area contributed by atoms with Crippen LogP contribution in [0.2, 0.25) is 0 Å². The number of carbonyl (C=O) groups is 1. The van der Waals surface area contributed by atoms with Crippen LogP contribution < -0.4 is 15.4 Å². The van der Waals surface area contributed by atoms with Crippen molar-refractivity contribution >= 4 is 11.6 Å². The molecule has 4 rings (SSSR count). The topological polar surface area (TPSA) is 50.4 Å². The fourth-order valence-electron chi connectivity index (χ4n) is 4.62. The van der Waals surface area contributed by atoms with E-state index in [-0.39, 0.29) is 12.0 Å². The summed E-state index contributed by atoms with van der Waals surface area (Å²) in [7, 11) is 0. The van der Waals surface area contributed by atoms with Gasteiger partial charge in [-0.3, -0.25) is 4.79 Å². The summed E-state index contributed by atoms with van der Waals surface area (Å²) in [5.41, 5.74) is 5.15. The normalized spacial score (nSPS) is 21.8. The number of fused-ring (bicyclic) bond motifs is 3. The van der Waals surface area contributed by atoms with Crippen molar-refractivity contribution in [1.29, 1.82) is 0 Å². The lowest BCUT2D eigenvalue weighted by atomic mass is 9.81. The average molecular weight is 379 g/mol. The van der Waals surface area contributed by atoms with Crippen LogP contribution in [0.1, 0.15) is 61.8 Å². The molecular weight excluding hydrogens is 348 g/mol. The lowest BCUT2D eigenvalue weighted by Crippen LogP contribution is -2.28. The number of ether oxygens (including phenoxy) is 1. The minimum Gasteiger partial charge on any atom is -0.489 e.